The quantitative estimate of drug-likeness (QED) is 0.822. The maximum Gasteiger partial charge on any atom is 0.123 e. The smallest absolute Gasteiger partial charge is 0.123 e. The van der Waals surface area contributed by atoms with Crippen LogP contribution in [0.2, 0.25) is 0 Å². The molecule has 0 aliphatic carbocycles. The molecule has 2 aromatic heterocycles. The summed E-state index contributed by atoms with van der Waals surface area (Å²) in [6.07, 6.45) is 5.34. The van der Waals surface area contributed by atoms with Gasteiger partial charge in [-0.2, -0.15) is 0 Å². The van der Waals surface area contributed by atoms with Crippen LogP contribution in [0.5, 0.6) is 0 Å². The third-order valence-corrected chi connectivity index (χ3v) is 2.35. The van der Waals surface area contributed by atoms with E-state index in [0.717, 1.165) is 11.3 Å². The molecule has 0 aliphatic rings. The van der Waals surface area contributed by atoms with Crippen molar-refractivity contribution in [3.63, 3.8) is 0 Å². The van der Waals surface area contributed by atoms with Gasteiger partial charge in [0, 0.05) is 12.4 Å². The van der Waals surface area contributed by atoms with Gasteiger partial charge >= 0.3 is 0 Å². The zero-order valence-corrected chi connectivity index (χ0v) is 9.09. The second kappa shape index (κ2) is 4.61. The lowest BCUT2D eigenvalue weighted by molar-refractivity contribution is 0.874. The Morgan fingerprint density at radius 3 is 2.75 bits per heavy atom. The second-order valence-electron chi connectivity index (χ2n) is 3.62. The van der Waals surface area contributed by atoms with Crippen LogP contribution < -0.4 is 11.1 Å². The lowest BCUT2D eigenvalue weighted by Gasteiger charge is -2.14. The van der Waals surface area contributed by atoms with Crippen molar-refractivity contribution < 1.29 is 0 Å². The molecule has 0 radical (unpaired) electrons. The third kappa shape index (κ3) is 2.48. The minimum Gasteiger partial charge on any atom is -0.384 e. The summed E-state index contributed by atoms with van der Waals surface area (Å²) in [5, 5.41) is 3.33. The van der Waals surface area contributed by atoms with Crippen molar-refractivity contribution in [3.8, 4) is 0 Å². The van der Waals surface area contributed by atoms with Crippen LogP contribution in [0.4, 0.5) is 11.5 Å². The lowest BCUT2D eigenvalue weighted by Crippen LogP contribution is -2.07. The van der Waals surface area contributed by atoms with Crippen LogP contribution in [0.25, 0.3) is 0 Å². The molecule has 0 amide bonds. The highest BCUT2D eigenvalue weighted by Gasteiger charge is 2.04. The van der Waals surface area contributed by atoms with E-state index in [4.69, 9.17) is 5.73 Å². The number of nitrogens with one attached hydrogen (secondary N) is 1. The minimum atomic E-state index is 0.194. The lowest BCUT2D eigenvalue weighted by atomic mass is 10.1. The highest BCUT2D eigenvalue weighted by atomic mass is 14.9. The molecule has 0 saturated carbocycles. The molecule has 82 valence electrons. The van der Waals surface area contributed by atoms with Crippen LogP contribution in [0.15, 0.2) is 42.9 Å². The SMILES string of the molecule is CC(Nc1ccc(N)nc1)c1cccnc1. The number of aromatic nitrogens is 2. The van der Waals surface area contributed by atoms with Crippen LogP contribution in [-0.2, 0) is 0 Å². The summed E-state index contributed by atoms with van der Waals surface area (Å²) in [5.74, 6) is 0.527. The van der Waals surface area contributed by atoms with Crippen molar-refractivity contribution in [1.82, 2.24) is 9.97 Å². The van der Waals surface area contributed by atoms with E-state index in [1.807, 2.05) is 24.4 Å². The Hall–Kier alpha value is -2.10. The fourth-order valence-corrected chi connectivity index (χ4v) is 1.46. The first-order valence-corrected chi connectivity index (χ1v) is 5.13. The summed E-state index contributed by atoms with van der Waals surface area (Å²) in [4.78, 5) is 8.11. The molecule has 0 spiro atoms. The molecule has 1 atom stereocenters. The summed E-state index contributed by atoms with van der Waals surface area (Å²) in [7, 11) is 0. The molecule has 4 heteroatoms. The maximum atomic E-state index is 5.52. The van der Waals surface area contributed by atoms with Crippen molar-refractivity contribution >= 4 is 11.5 Å². The predicted octanol–water partition coefficient (Wildman–Crippen LogP) is 2.23. The molecule has 0 bridgehead atoms. The summed E-state index contributed by atoms with van der Waals surface area (Å²) in [6, 6.07) is 7.84. The minimum absolute atomic E-state index is 0.194. The molecule has 2 rings (SSSR count). The first kappa shape index (κ1) is 10.4. The topological polar surface area (TPSA) is 63.8 Å². The predicted molar refractivity (Wildman–Crippen MR) is 64.9 cm³/mol. The monoisotopic (exact) mass is 214 g/mol. The Labute approximate surface area is 94.5 Å². The summed E-state index contributed by atoms with van der Waals surface area (Å²) < 4.78 is 0. The van der Waals surface area contributed by atoms with Crippen LogP contribution in [0, 0.1) is 0 Å². The molecule has 2 heterocycles. The zero-order chi connectivity index (χ0) is 11.4. The Balaban J connectivity index is 2.08. The van der Waals surface area contributed by atoms with Gasteiger partial charge in [0.1, 0.15) is 5.82 Å². The molecule has 1 unspecified atom stereocenters. The largest absolute Gasteiger partial charge is 0.384 e. The van der Waals surface area contributed by atoms with E-state index in [0.29, 0.717) is 5.82 Å². The van der Waals surface area contributed by atoms with Gasteiger partial charge in [0.25, 0.3) is 0 Å². The summed E-state index contributed by atoms with van der Waals surface area (Å²) >= 11 is 0. The van der Waals surface area contributed by atoms with Gasteiger partial charge in [0.05, 0.1) is 17.9 Å². The zero-order valence-electron chi connectivity index (χ0n) is 9.09. The van der Waals surface area contributed by atoms with Gasteiger partial charge in [-0.3, -0.25) is 4.98 Å². The van der Waals surface area contributed by atoms with Gasteiger partial charge < -0.3 is 11.1 Å². The number of pyridine rings is 2. The number of rotatable bonds is 3. The second-order valence-corrected chi connectivity index (χ2v) is 3.62. The highest BCUT2D eigenvalue weighted by molar-refractivity contribution is 5.46. The molecule has 16 heavy (non-hydrogen) atoms. The number of nitrogen functional groups attached to an aromatic ring is 1. The number of nitrogens with two attached hydrogens (primary N) is 1. The van der Waals surface area contributed by atoms with Gasteiger partial charge in [0.15, 0.2) is 0 Å². The molecular weight excluding hydrogens is 200 g/mol. The van der Waals surface area contributed by atoms with Crippen LogP contribution in [0.1, 0.15) is 18.5 Å². The molecule has 2 aromatic rings. The molecule has 4 nitrogen and oxygen atoms in total. The molecular formula is C12H14N4. The first-order chi connectivity index (χ1) is 7.75. The number of anilines is 2. The van der Waals surface area contributed by atoms with Gasteiger partial charge in [-0.25, -0.2) is 4.98 Å². The number of hydrogen-bond acceptors (Lipinski definition) is 4. The highest BCUT2D eigenvalue weighted by Crippen LogP contribution is 2.17. The van der Waals surface area contributed by atoms with E-state index >= 15 is 0 Å². The fourth-order valence-electron chi connectivity index (χ4n) is 1.46. The average Bonchev–Trinajstić information content (AvgIpc) is 2.33. The van der Waals surface area contributed by atoms with E-state index < -0.39 is 0 Å². The van der Waals surface area contributed by atoms with Gasteiger partial charge in [0.2, 0.25) is 0 Å². The van der Waals surface area contributed by atoms with Gasteiger partial charge in [-0.1, -0.05) is 6.07 Å². The van der Waals surface area contributed by atoms with E-state index in [-0.39, 0.29) is 6.04 Å². The molecule has 3 N–H and O–H groups in total. The van der Waals surface area contributed by atoms with Crippen molar-refractivity contribution in [3.05, 3.63) is 48.4 Å². The maximum absolute atomic E-state index is 5.52. The summed E-state index contributed by atoms with van der Waals surface area (Å²) in [6.45, 7) is 2.08. The van der Waals surface area contributed by atoms with E-state index in [1.54, 1.807) is 18.5 Å². The van der Waals surface area contributed by atoms with Crippen molar-refractivity contribution in [2.24, 2.45) is 0 Å². The van der Waals surface area contributed by atoms with Gasteiger partial charge in [-0.15, -0.1) is 0 Å². The van der Waals surface area contributed by atoms with Gasteiger partial charge in [-0.05, 0) is 30.7 Å². The Morgan fingerprint density at radius 1 is 1.25 bits per heavy atom. The standard InChI is InChI=1S/C12H14N4/c1-9(10-3-2-6-14-7-10)16-11-4-5-12(13)15-8-11/h2-9,16H,1H3,(H2,13,15). The van der Waals surface area contributed by atoms with E-state index in [1.165, 1.54) is 0 Å². The Morgan fingerprint density at radius 2 is 2.12 bits per heavy atom. The van der Waals surface area contributed by atoms with E-state index in [2.05, 4.69) is 22.2 Å². The first-order valence-electron chi connectivity index (χ1n) is 5.13. The van der Waals surface area contributed by atoms with Crippen LogP contribution in [0.3, 0.4) is 0 Å². The molecule has 0 aromatic carbocycles. The number of nitrogens with zero attached hydrogens (tertiary/aromatic N) is 2. The Bertz CT molecular complexity index is 438. The van der Waals surface area contributed by atoms with E-state index in [9.17, 15) is 0 Å². The van der Waals surface area contributed by atoms with Crippen molar-refractivity contribution in [2.45, 2.75) is 13.0 Å². The molecule has 0 fully saturated rings. The normalized spacial score (nSPS) is 12.1. The average molecular weight is 214 g/mol. The van der Waals surface area contributed by atoms with Crippen LogP contribution >= 0.6 is 0 Å². The molecule has 0 saturated heterocycles. The fraction of sp³-hybridized carbons (Fsp3) is 0.167. The van der Waals surface area contributed by atoms with Crippen molar-refractivity contribution in [1.29, 1.82) is 0 Å². The Kier molecular flexibility index (Phi) is 3.00. The number of hydrogen-bond donors (Lipinski definition) is 2. The third-order valence-electron chi connectivity index (χ3n) is 2.35. The molecule has 0 aliphatic heterocycles. The van der Waals surface area contributed by atoms with Crippen LogP contribution in [-0.4, -0.2) is 9.97 Å². The summed E-state index contributed by atoms with van der Waals surface area (Å²) in [5.41, 5.74) is 7.61. The van der Waals surface area contributed by atoms with Crippen molar-refractivity contribution in [2.75, 3.05) is 11.1 Å².